The van der Waals surface area contributed by atoms with Crippen LogP contribution in [0.5, 0.6) is 0 Å². The van der Waals surface area contributed by atoms with Crippen LogP contribution < -0.4 is 16.2 Å². The minimum Gasteiger partial charge on any atom is -0.408 e. The number of aromatic nitrogens is 2. The lowest BCUT2D eigenvalue weighted by atomic mass is 9.88. The minimum atomic E-state index is -0.358. The van der Waals surface area contributed by atoms with Gasteiger partial charge in [-0.25, -0.2) is 4.79 Å². The van der Waals surface area contributed by atoms with E-state index in [0.717, 1.165) is 53.6 Å². The van der Waals surface area contributed by atoms with Crippen molar-refractivity contribution in [2.24, 2.45) is 14.1 Å². The van der Waals surface area contributed by atoms with Crippen LogP contribution in [0.25, 0.3) is 22.0 Å². The summed E-state index contributed by atoms with van der Waals surface area (Å²) >= 11 is 0. The molecular weight excluding hydrogens is 392 g/mol. The van der Waals surface area contributed by atoms with Gasteiger partial charge in [0.25, 0.3) is 5.56 Å². The Morgan fingerprint density at radius 1 is 1.00 bits per heavy atom. The summed E-state index contributed by atoms with van der Waals surface area (Å²) in [7, 11) is 3.41. The molecule has 1 saturated heterocycles. The number of nitrogens with zero attached hydrogens (tertiary/aromatic N) is 4. The van der Waals surface area contributed by atoms with E-state index in [1.807, 2.05) is 36.4 Å². The largest absolute Gasteiger partial charge is 0.419 e. The van der Waals surface area contributed by atoms with E-state index in [1.165, 1.54) is 4.57 Å². The number of para-hydroxylation sites is 1. The first-order valence-corrected chi connectivity index (χ1v) is 10.4. The highest BCUT2D eigenvalue weighted by molar-refractivity contribution is 5.95. The SMILES string of the molecule is Cn1c(=O)oc2cc(C3CCN(c4c(C#N)c(=O)n(C)c5ccccc45)CC3)ccc21. The van der Waals surface area contributed by atoms with E-state index in [9.17, 15) is 14.9 Å². The summed E-state index contributed by atoms with van der Waals surface area (Å²) in [5, 5.41) is 10.7. The molecule has 0 bridgehead atoms. The molecule has 31 heavy (non-hydrogen) atoms. The fourth-order valence-electron chi connectivity index (χ4n) is 4.75. The van der Waals surface area contributed by atoms with Crippen molar-refractivity contribution in [1.82, 2.24) is 9.13 Å². The number of oxazole rings is 1. The molecule has 0 saturated carbocycles. The molecule has 0 radical (unpaired) electrons. The lowest BCUT2D eigenvalue weighted by Crippen LogP contribution is -2.35. The Kier molecular flexibility index (Phi) is 4.44. The quantitative estimate of drug-likeness (QED) is 0.503. The maximum atomic E-state index is 12.8. The Morgan fingerprint density at radius 2 is 1.74 bits per heavy atom. The number of anilines is 1. The van der Waals surface area contributed by atoms with Gasteiger partial charge in [-0.05, 0) is 42.5 Å². The van der Waals surface area contributed by atoms with E-state index in [1.54, 1.807) is 18.7 Å². The number of piperidine rings is 1. The molecule has 3 heterocycles. The van der Waals surface area contributed by atoms with E-state index in [4.69, 9.17) is 4.42 Å². The van der Waals surface area contributed by atoms with Gasteiger partial charge in [0.2, 0.25) is 0 Å². The molecule has 0 amide bonds. The van der Waals surface area contributed by atoms with Gasteiger partial charge in [-0.15, -0.1) is 0 Å². The van der Waals surface area contributed by atoms with Gasteiger partial charge in [0.15, 0.2) is 5.58 Å². The van der Waals surface area contributed by atoms with Crippen molar-refractivity contribution < 1.29 is 4.42 Å². The van der Waals surface area contributed by atoms with Crippen LogP contribution in [0.4, 0.5) is 5.69 Å². The van der Waals surface area contributed by atoms with E-state index < -0.39 is 0 Å². The summed E-state index contributed by atoms with van der Waals surface area (Å²) < 4.78 is 8.40. The number of benzene rings is 2. The molecule has 1 aliphatic rings. The maximum absolute atomic E-state index is 12.8. The van der Waals surface area contributed by atoms with Crippen molar-refractivity contribution in [3.8, 4) is 6.07 Å². The lowest BCUT2D eigenvalue weighted by Gasteiger charge is -2.35. The molecule has 1 fully saturated rings. The zero-order valence-electron chi connectivity index (χ0n) is 17.5. The van der Waals surface area contributed by atoms with Crippen LogP contribution >= 0.6 is 0 Å². The van der Waals surface area contributed by atoms with Gasteiger partial charge in [-0.1, -0.05) is 24.3 Å². The number of pyridine rings is 1. The van der Waals surface area contributed by atoms with Crippen LogP contribution in [0.3, 0.4) is 0 Å². The number of aryl methyl sites for hydroxylation is 2. The highest BCUT2D eigenvalue weighted by Gasteiger charge is 2.26. The van der Waals surface area contributed by atoms with Crippen LogP contribution in [0.2, 0.25) is 0 Å². The second kappa shape index (κ2) is 7.17. The number of rotatable bonds is 2. The fraction of sp³-hybridized carbons (Fsp3) is 0.292. The lowest BCUT2D eigenvalue weighted by molar-refractivity contribution is 0.503. The molecule has 0 N–H and O–H groups in total. The average molecular weight is 414 g/mol. The van der Waals surface area contributed by atoms with Gasteiger partial charge < -0.3 is 13.9 Å². The van der Waals surface area contributed by atoms with Gasteiger partial charge in [0.05, 0.1) is 16.7 Å². The van der Waals surface area contributed by atoms with Crippen LogP contribution in [0.1, 0.15) is 29.9 Å². The molecule has 0 aliphatic carbocycles. The molecule has 7 nitrogen and oxygen atoms in total. The Hall–Kier alpha value is -3.79. The van der Waals surface area contributed by atoms with Gasteiger partial charge in [-0.3, -0.25) is 9.36 Å². The Morgan fingerprint density at radius 3 is 2.48 bits per heavy atom. The minimum absolute atomic E-state index is 0.201. The molecule has 5 rings (SSSR count). The van der Waals surface area contributed by atoms with Crippen LogP contribution in [0, 0.1) is 11.3 Å². The predicted octanol–water partition coefficient (Wildman–Crippen LogP) is 3.24. The summed E-state index contributed by atoms with van der Waals surface area (Å²) in [6, 6.07) is 15.8. The first-order valence-electron chi connectivity index (χ1n) is 10.4. The summed E-state index contributed by atoms with van der Waals surface area (Å²) in [4.78, 5) is 26.7. The number of hydrogen-bond donors (Lipinski definition) is 0. The Labute approximate surface area is 178 Å². The molecule has 1 aliphatic heterocycles. The molecule has 0 unspecified atom stereocenters. The van der Waals surface area contributed by atoms with Crippen LogP contribution in [-0.4, -0.2) is 22.2 Å². The van der Waals surface area contributed by atoms with E-state index in [-0.39, 0.29) is 16.9 Å². The topological polar surface area (TPSA) is 84.2 Å². The monoisotopic (exact) mass is 414 g/mol. The third-order valence-corrected chi connectivity index (χ3v) is 6.49. The molecule has 7 heteroatoms. The first-order chi connectivity index (χ1) is 15.0. The van der Waals surface area contributed by atoms with Gasteiger partial charge in [0.1, 0.15) is 11.6 Å². The summed E-state index contributed by atoms with van der Waals surface area (Å²) in [5.74, 6) is -0.0296. The number of fused-ring (bicyclic) bond motifs is 2. The van der Waals surface area contributed by atoms with Crippen molar-refractivity contribution in [2.45, 2.75) is 18.8 Å². The van der Waals surface area contributed by atoms with Gasteiger partial charge in [-0.2, -0.15) is 5.26 Å². The van der Waals surface area contributed by atoms with Crippen molar-refractivity contribution >= 4 is 27.7 Å². The van der Waals surface area contributed by atoms with Crippen molar-refractivity contribution in [2.75, 3.05) is 18.0 Å². The standard InChI is InChI=1S/C24H22N4O3/c1-26-19-6-4-3-5-17(19)22(18(14-25)23(26)29)28-11-9-15(10-12-28)16-7-8-20-21(13-16)31-24(30)27(20)2/h3-8,13,15H,9-12H2,1-2H3. The van der Waals surface area contributed by atoms with Gasteiger partial charge >= 0.3 is 5.76 Å². The Bertz CT molecular complexity index is 1480. The summed E-state index contributed by atoms with van der Waals surface area (Å²) in [5.41, 5.74) is 4.05. The van der Waals surface area contributed by atoms with Crippen molar-refractivity contribution in [1.29, 1.82) is 5.26 Å². The summed E-state index contributed by atoms with van der Waals surface area (Å²) in [6.07, 6.45) is 1.77. The van der Waals surface area contributed by atoms with Crippen molar-refractivity contribution in [3.63, 3.8) is 0 Å². The average Bonchev–Trinajstić information content (AvgIpc) is 3.09. The zero-order chi connectivity index (χ0) is 21.7. The highest BCUT2D eigenvalue weighted by Crippen LogP contribution is 2.35. The molecule has 156 valence electrons. The van der Waals surface area contributed by atoms with E-state index >= 15 is 0 Å². The van der Waals surface area contributed by atoms with Gasteiger partial charge in [0, 0.05) is 32.6 Å². The molecule has 0 spiro atoms. The second-order valence-corrected chi connectivity index (χ2v) is 8.13. The second-order valence-electron chi connectivity index (χ2n) is 8.13. The third-order valence-electron chi connectivity index (χ3n) is 6.49. The summed E-state index contributed by atoms with van der Waals surface area (Å²) in [6.45, 7) is 1.49. The highest BCUT2D eigenvalue weighted by atomic mass is 16.4. The fourth-order valence-corrected chi connectivity index (χ4v) is 4.75. The predicted molar refractivity (Wildman–Crippen MR) is 120 cm³/mol. The molecular formula is C24H22N4O3. The zero-order valence-corrected chi connectivity index (χ0v) is 17.5. The molecule has 2 aromatic heterocycles. The number of hydrogen-bond acceptors (Lipinski definition) is 5. The smallest absolute Gasteiger partial charge is 0.408 e. The molecule has 4 aromatic rings. The Balaban J connectivity index is 1.48. The normalized spacial score (nSPS) is 14.9. The number of nitriles is 1. The van der Waals surface area contributed by atoms with E-state index in [2.05, 4.69) is 17.0 Å². The molecule has 2 aromatic carbocycles. The van der Waals surface area contributed by atoms with E-state index in [0.29, 0.717) is 11.5 Å². The van der Waals surface area contributed by atoms with Crippen LogP contribution in [0.15, 0.2) is 56.5 Å². The third kappa shape index (κ3) is 2.95. The first kappa shape index (κ1) is 19.2. The van der Waals surface area contributed by atoms with Crippen molar-refractivity contribution in [3.05, 3.63) is 74.5 Å². The van der Waals surface area contributed by atoms with Crippen LogP contribution in [-0.2, 0) is 14.1 Å². The molecule has 0 atom stereocenters. The maximum Gasteiger partial charge on any atom is 0.419 e.